The van der Waals surface area contributed by atoms with Crippen molar-refractivity contribution in [3.8, 4) is 5.75 Å². The molecule has 2 heterocycles. The van der Waals surface area contributed by atoms with Gasteiger partial charge >= 0.3 is 0 Å². The third-order valence-electron chi connectivity index (χ3n) is 4.30. The first-order valence-corrected chi connectivity index (χ1v) is 12.1. The molecule has 2 aromatic rings. The number of halogens is 1. The van der Waals surface area contributed by atoms with Crippen LogP contribution in [-0.2, 0) is 10.0 Å². The van der Waals surface area contributed by atoms with E-state index in [1.54, 1.807) is 19.2 Å². The maximum absolute atomic E-state index is 13.1. The van der Waals surface area contributed by atoms with Crippen molar-refractivity contribution < 1.29 is 17.9 Å². The number of thioether (sulfide) groups is 1. The van der Waals surface area contributed by atoms with Crippen molar-refractivity contribution in [2.24, 2.45) is 0 Å². The second-order valence-corrected chi connectivity index (χ2v) is 9.30. The lowest BCUT2D eigenvalue weighted by Gasteiger charge is -2.19. The first-order valence-electron chi connectivity index (χ1n) is 9.01. The molecule has 0 atom stereocenters. The molecule has 1 aromatic carbocycles. The van der Waals surface area contributed by atoms with E-state index in [-0.39, 0.29) is 21.4 Å². The number of rotatable bonds is 7. The summed E-state index contributed by atoms with van der Waals surface area (Å²) in [5.74, 6) is -0.302. The number of benzene rings is 1. The van der Waals surface area contributed by atoms with Crippen LogP contribution in [0.25, 0.3) is 0 Å². The number of carbonyl (C=O) groups is 1. The molecule has 1 amide bonds. The van der Waals surface area contributed by atoms with Gasteiger partial charge < -0.3 is 10.1 Å². The van der Waals surface area contributed by atoms with E-state index in [0.717, 1.165) is 12.8 Å². The summed E-state index contributed by atoms with van der Waals surface area (Å²) in [6.07, 6.45) is 4.79. The summed E-state index contributed by atoms with van der Waals surface area (Å²) in [7, 11) is -3.73. The van der Waals surface area contributed by atoms with Crippen molar-refractivity contribution in [2.75, 3.05) is 31.3 Å². The van der Waals surface area contributed by atoms with Crippen LogP contribution in [0.4, 0.5) is 5.69 Å². The SMILES string of the molecule is CCOc1ccc(NC(=O)c2nc(SC)ncc2Cl)cc1S(=O)(=O)N1CCCC1. The molecule has 1 aliphatic rings. The second-order valence-electron chi connectivity index (χ2n) is 6.21. The highest BCUT2D eigenvalue weighted by Crippen LogP contribution is 2.32. The molecule has 1 aromatic heterocycles. The van der Waals surface area contributed by atoms with E-state index in [1.807, 2.05) is 0 Å². The van der Waals surface area contributed by atoms with Gasteiger partial charge in [-0.05, 0) is 44.2 Å². The first-order chi connectivity index (χ1) is 13.9. The Morgan fingerprint density at radius 3 is 2.72 bits per heavy atom. The number of carbonyl (C=O) groups excluding carboxylic acids is 1. The van der Waals surface area contributed by atoms with Crippen LogP contribution in [0.5, 0.6) is 5.75 Å². The van der Waals surface area contributed by atoms with Crippen LogP contribution in [0.2, 0.25) is 5.02 Å². The number of aromatic nitrogens is 2. The van der Waals surface area contributed by atoms with Gasteiger partial charge in [-0.1, -0.05) is 23.4 Å². The van der Waals surface area contributed by atoms with Crippen molar-refractivity contribution in [1.82, 2.24) is 14.3 Å². The molecule has 0 saturated carbocycles. The number of ether oxygens (including phenoxy) is 1. The Labute approximate surface area is 179 Å². The summed E-state index contributed by atoms with van der Waals surface area (Å²) in [6, 6.07) is 4.52. The smallest absolute Gasteiger partial charge is 0.275 e. The van der Waals surface area contributed by atoms with Crippen molar-refractivity contribution in [1.29, 1.82) is 0 Å². The molecule has 29 heavy (non-hydrogen) atoms. The summed E-state index contributed by atoms with van der Waals surface area (Å²) in [5, 5.41) is 3.17. The van der Waals surface area contributed by atoms with Crippen LogP contribution in [0.15, 0.2) is 34.4 Å². The number of nitrogens with zero attached hydrogens (tertiary/aromatic N) is 3. The average molecular weight is 457 g/mol. The zero-order chi connectivity index (χ0) is 21.0. The fourth-order valence-corrected chi connectivity index (χ4v) is 5.12. The van der Waals surface area contributed by atoms with Gasteiger partial charge in [-0.2, -0.15) is 4.31 Å². The monoisotopic (exact) mass is 456 g/mol. The van der Waals surface area contributed by atoms with Crippen LogP contribution < -0.4 is 10.1 Å². The van der Waals surface area contributed by atoms with E-state index in [2.05, 4.69) is 15.3 Å². The fraction of sp³-hybridized carbons (Fsp3) is 0.389. The van der Waals surface area contributed by atoms with Crippen LogP contribution in [0.3, 0.4) is 0 Å². The predicted octanol–water partition coefficient (Wildman–Crippen LogP) is 3.29. The Morgan fingerprint density at radius 2 is 2.07 bits per heavy atom. The predicted molar refractivity (Wildman–Crippen MR) is 112 cm³/mol. The van der Waals surface area contributed by atoms with Gasteiger partial charge in [-0.25, -0.2) is 18.4 Å². The maximum atomic E-state index is 13.1. The molecule has 1 aliphatic heterocycles. The number of anilines is 1. The van der Waals surface area contributed by atoms with Crippen LogP contribution in [-0.4, -0.2) is 54.6 Å². The minimum Gasteiger partial charge on any atom is -0.492 e. The molecule has 0 spiro atoms. The number of sulfonamides is 1. The highest BCUT2D eigenvalue weighted by Gasteiger charge is 2.30. The summed E-state index contributed by atoms with van der Waals surface area (Å²) < 4.78 is 33.1. The number of hydrogen-bond acceptors (Lipinski definition) is 7. The largest absolute Gasteiger partial charge is 0.492 e. The van der Waals surface area contributed by atoms with Gasteiger partial charge in [-0.15, -0.1) is 0 Å². The Morgan fingerprint density at radius 1 is 1.34 bits per heavy atom. The van der Waals surface area contributed by atoms with E-state index < -0.39 is 15.9 Å². The molecule has 11 heteroatoms. The van der Waals surface area contributed by atoms with Gasteiger partial charge in [0.05, 0.1) is 17.8 Å². The summed E-state index contributed by atoms with van der Waals surface area (Å²) in [4.78, 5) is 20.8. The van der Waals surface area contributed by atoms with Crippen LogP contribution >= 0.6 is 23.4 Å². The van der Waals surface area contributed by atoms with E-state index in [0.29, 0.717) is 30.5 Å². The molecular weight excluding hydrogens is 436 g/mol. The third kappa shape index (κ3) is 4.82. The Hall–Kier alpha value is -1.88. The lowest BCUT2D eigenvalue weighted by Crippen LogP contribution is -2.28. The van der Waals surface area contributed by atoms with E-state index >= 15 is 0 Å². The van der Waals surface area contributed by atoms with Crippen LogP contribution in [0, 0.1) is 0 Å². The van der Waals surface area contributed by atoms with Crippen molar-refractivity contribution in [3.63, 3.8) is 0 Å². The molecule has 0 bridgehead atoms. The lowest BCUT2D eigenvalue weighted by molar-refractivity contribution is 0.102. The van der Waals surface area contributed by atoms with E-state index in [4.69, 9.17) is 16.3 Å². The number of hydrogen-bond donors (Lipinski definition) is 1. The van der Waals surface area contributed by atoms with Crippen molar-refractivity contribution >= 4 is 45.0 Å². The molecular formula is C18H21ClN4O4S2. The Bertz CT molecular complexity index is 1010. The number of amides is 1. The van der Waals surface area contributed by atoms with Gasteiger partial charge in [-0.3, -0.25) is 4.79 Å². The zero-order valence-corrected chi connectivity index (χ0v) is 18.4. The van der Waals surface area contributed by atoms with Gasteiger partial charge in [0.2, 0.25) is 10.0 Å². The molecule has 0 unspecified atom stereocenters. The van der Waals surface area contributed by atoms with Crippen LogP contribution in [0.1, 0.15) is 30.3 Å². The average Bonchev–Trinajstić information content (AvgIpc) is 3.25. The Kier molecular flexibility index (Phi) is 6.99. The van der Waals surface area contributed by atoms with E-state index in [1.165, 1.54) is 34.4 Å². The topological polar surface area (TPSA) is 101 Å². The van der Waals surface area contributed by atoms with Crippen molar-refractivity contribution in [2.45, 2.75) is 29.8 Å². The Balaban J connectivity index is 1.94. The lowest BCUT2D eigenvalue weighted by atomic mass is 10.3. The molecule has 8 nitrogen and oxygen atoms in total. The highest BCUT2D eigenvalue weighted by atomic mass is 35.5. The quantitative estimate of drug-likeness (QED) is 0.503. The normalized spacial score (nSPS) is 14.7. The third-order valence-corrected chi connectivity index (χ3v) is 7.06. The summed E-state index contributed by atoms with van der Waals surface area (Å²) in [5.41, 5.74) is 0.320. The van der Waals surface area contributed by atoms with E-state index in [9.17, 15) is 13.2 Å². The molecule has 156 valence electrons. The minimum absolute atomic E-state index is 0.0175. The molecule has 0 aliphatic carbocycles. The highest BCUT2D eigenvalue weighted by molar-refractivity contribution is 7.98. The summed E-state index contributed by atoms with van der Waals surface area (Å²) in [6.45, 7) is 3.04. The number of nitrogens with one attached hydrogen (secondary N) is 1. The molecule has 1 N–H and O–H groups in total. The second kappa shape index (κ2) is 9.29. The summed E-state index contributed by atoms with van der Waals surface area (Å²) >= 11 is 7.33. The molecule has 1 fully saturated rings. The molecule has 0 radical (unpaired) electrons. The van der Waals surface area contributed by atoms with Gasteiger partial charge in [0, 0.05) is 18.8 Å². The zero-order valence-electron chi connectivity index (χ0n) is 16.0. The van der Waals surface area contributed by atoms with Gasteiger partial charge in [0.15, 0.2) is 10.9 Å². The minimum atomic E-state index is -3.73. The molecule has 1 saturated heterocycles. The van der Waals surface area contributed by atoms with Gasteiger partial charge in [0.25, 0.3) is 5.91 Å². The molecule has 3 rings (SSSR count). The fourth-order valence-electron chi connectivity index (χ4n) is 2.93. The van der Waals surface area contributed by atoms with Gasteiger partial charge in [0.1, 0.15) is 10.6 Å². The first kappa shape index (κ1) is 21.8. The maximum Gasteiger partial charge on any atom is 0.275 e. The van der Waals surface area contributed by atoms with Crippen molar-refractivity contribution in [3.05, 3.63) is 35.1 Å². The standard InChI is InChI=1S/C18H21ClN4O4S2/c1-3-27-14-7-6-12(10-15(14)29(25,26)23-8-4-5-9-23)21-17(24)16-13(19)11-20-18(22-16)28-2/h6-7,10-11H,3-5,8-9H2,1-2H3,(H,21,24).